The Hall–Kier alpha value is -2.97. The van der Waals surface area contributed by atoms with Crippen LogP contribution in [0, 0.1) is 16.0 Å². The first-order chi connectivity index (χ1) is 13.3. The van der Waals surface area contributed by atoms with Gasteiger partial charge in [0.05, 0.1) is 4.92 Å². The predicted octanol–water partition coefficient (Wildman–Crippen LogP) is 1.95. The molecule has 0 heterocycles. The Morgan fingerprint density at radius 3 is 2.68 bits per heavy atom. The van der Waals surface area contributed by atoms with Gasteiger partial charge in [0.2, 0.25) is 0 Å². The van der Waals surface area contributed by atoms with Crippen LogP contribution in [0.15, 0.2) is 24.3 Å². The van der Waals surface area contributed by atoms with Crippen molar-refractivity contribution in [1.29, 1.82) is 0 Å². The van der Waals surface area contributed by atoms with E-state index in [1.165, 1.54) is 25.1 Å². The number of non-ortho nitro benzene ring substituents is 1. The quantitative estimate of drug-likeness (QED) is 0.415. The van der Waals surface area contributed by atoms with Gasteiger partial charge in [-0.15, -0.1) is 0 Å². The van der Waals surface area contributed by atoms with Gasteiger partial charge in [-0.05, 0) is 31.7 Å². The van der Waals surface area contributed by atoms with E-state index < -0.39 is 29.4 Å². The number of nitrogens with zero attached hydrogens (tertiary/aromatic N) is 1. The maximum absolute atomic E-state index is 12.2. The lowest BCUT2D eigenvalue weighted by Gasteiger charge is -2.29. The number of nitro groups is 1. The van der Waals surface area contributed by atoms with Crippen LogP contribution in [0.4, 0.5) is 5.69 Å². The van der Waals surface area contributed by atoms with E-state index in [0.29, 0.717) is 5.92 Å². The molecule has 2 amide bonds. The zero-order chi connectivity index (χ0) is 20.7. The molecule has 152 valence electrons. The largest absolute Gasteiger partial charge is 0.454 e. The summed E-state index contributed by atoms with van der Waals surface area (Å²) in [6, 6.07) is 4.25. The van der Waals surface area contributed by atoms with Gasteiger partial charge < -0.3 is 15.4 Å². The van der Waals surface area contributed by atoms with Gasteiger partial charge in [0.15, 0.2) is 6.61 Å². The minimum absolute atomic E-state index is 0.0536. The van der Waals surface area contributed by atoms with Crippen LogP contribution >= 0.6 is 0 Å². The number of rotatable bonds is 7. The molecular formula is C19H25N3O6. The molecule has 1 saturated carbocycles. The number of hydrogen-bond acceptors (Lipinski definition) is 6. The van der Waals surface area contributed by atoms with Crippen molar-refractivity contribution in [3.63, 3.8) is 0 Å². The minimum atomic E-state index is -1.01. The second-order valence-corrected chi connectivity index (χ2v) is 7.05. The molecule has 3 atom stereocenters. The molecule has 1 aromatic rings. The summed E-state index contributed by atoms with van der Waals surface area (Å²) in [5.41, 5.74) is -0.172. The lowest BCUT2D eigenvalue weighted by atomic mass is 9.86. The average Bonchev–Trinajstić information content (AvgIpc) is 2.67. The number of hydrogen-bond donors (Lipinski definition) is 2. The van der Waals surface area contributed by atoms with Crippen molar-refractivity contribution < 1.29 is 24.0 Å². The van der Waals surface area contributed by atoms with Gasteiger partial charge in [0.1, 0.15) is 6.04 Å². The van der Waals surface area contributed by atoms with Crippen molar-refractivity contribution in [3.8, 4) is 0 Å². The molecule has 2 rings (SSSR count). The summed E-state index contributed by atoms with van der Waals surface area (Å²) in [5, 5.41) is 16.1. The van der Waals surface area contributed by atoms with Crippen molar-refractivity contribution in [1.82, 2.24) is 10.6 Å². The zero-order valence-corrected chi connectivity index (χ0v) is 16.0. The molecule has 28 heavy (non-hydrogen) atoms. The first kappa shape index (κ1) is 21.3. The maximum Gasteiger partial charge on any atom is 0.328 e. The van der Waals surface area contributed by atoms with E-state index >= 15 is 0 Å². The number of esters is 1. The Morgan fingerprint density at radius 2 is 2.00 bits per heavy atom. The SMILES string of the molecule is C[C@H](NC(=O)c1cccc([N+](=O)[O-])c1)C(=O)OCC(=O)N[C@H]1CCCC[C@@H]1C. The highest BCUT2D eigenvalue weighted by Gasteiger charge is 2.24. The fraction of sp³-hybridized carbons (Fsp3) is 0.526. The molecule has 0 aromatic heterocycles. The summed E-state index contributed by atoms with van der Waals surface area (Å²) in [5.74, 6) is -1.38. The standard InChI is InChI=1S/C19H25N3O6/c1-12-6-3-4-9-16(12)21-17(23)11-28-19(25)13(2)20-18(24)14-7-5-8-15(10-14)22(26)27/h5,7-8,10,12-13,16H,3-4,6,9,11H2,1-2H3,(H,20,24)(H,21,23)/t12-,13-,16-/m0/s1. The summed E-state index contributed by atoms with van der Waals surface area (Å²) in [6.45, 7) is 3.08. The number of nitro benzene ring substituents is 1. The third kappa shape index (κ3) is 6.04. The van der Waals surface area contributed by atoms with Crippen LogP contribution in [0.1, 0.15) is 49.9 Å². The molecule has 9 nitrogen and oxygen atoms in total. The number of nitrogens with one attached hydrogen (secondary N) is 2. The van der Waals surface area contributed by atoms with Gasteiger partial charge in [-0.3, -0.25) is 19.7 Å². The molecule has 1 aromatic carbocycles. The fourth-order valence-corrected chi connectivity index (χ4v) is 3.14. The maximum atomic E-state index is 12.2. The Kier molecular flexibility index (Phi) is 7.48. The van der Waals surface area contributed by atoms with E-state index in [2.05, 4.69) is 17.6 Å². The van der Waals surface area contributed by atoms with Gasteiger partial charge in [0, 0.05) is 23.7 Å². The zero-order valence-electron chi connectivity index (χ0n) is 16.0. The molecular weight excluding hydrogens is 366 g/mol. The fourth-order valence-electron chi connectivity index (χ4n) is 3.14. The predicted molar refractivity (Wildman–Crippen MR) is 101 cm³/mol. The van der Waals surface area contributed by atoms with Gasteiger partial charge in [-0.2, -0.15) is 0 Å². The third-order valence-corrected chi connectivity index (χ3v) is 4.82. The molecule has 1 aliphatic rings. The molecule has 1 aliphatic carbocycles. The van der Waals surface area contributed by atoms with Crippen molar-refractivity contribution in [2.75, 3.05) is 6.61 Å². The molecule has 2 N–H and O–H groups in total. The summed E-state index contributed by atoms with van der Waals surface area (Å²) in [6.07, 6.45) is 4.20. The van der Waals surface area contributed by atoms with E-state index in [4.69, 9.17) is 4.74 Å². The number of benzene rings is 1. The molecule has 0 spiro atoms. The van der Waals surface area contributed by atoms with Crippen molar-refractivity contribution in [2.45, 2.75) is 51.6 Å². The van der Waals surface area contributed by atoms with E-state index in [-0.39, 0.29) is 23.2 Å². The number of amides is 2. The third-order valence-electron chi connectivity index (χ3n) is 4.82. The summed E-state index contributed by atoms with van der Waals surface area (Å²) in [4.78, 5) is 46.3. The summed E-state index contributed by atoms with van der Waals surface area (Å²) in [7, 11) is 0. The minimum Gasteiger partial charge on any atom is -0.454 e. The van der Waals surface area contributed by atoms with E-state index in [9.17, 15) is 24.5 Å². The monoisotopic (exact) mass is 391 g/mol. The molecule has 0 unspecified atom stereocenters. The summed E-state index contributed by atoms with van der Waals surface area (Å²) < 4.78 is 4.97. The van der Waals surface area contributed by atoms with E-state index in [1.54, 1.807) is 0 Å². The smallest absolute Gasteiger partial charge is 0.328 e. The van der Waals surface area contributed by atoms with Crippen LogP contribution in [0.2, 0.25) is 0 Å². The number of ether oxygens (including phenoxy) is 1. The number of carbonyl (C=O) groups is 3. The van der Waals surface area contributed by atoms with Crippen molar-refractivity contribution in [2.24, 2.45) is 5.92 Å². The number of carbonyl (C=O) groups excluding carboxylic acids is 3. The second-order valence-electron chi connectivity index (χ2n) is 7.05. The molecule has 1 fully saturated rings. The van der Waals surface area contributed by atoms with Gasteiger partial charge >= 0.3 is 5.97 Å². The lowest BCUT2D eigenvalue weighted by Crippen LogP contribution is -2.44. The van der Waals surface area contributed by atoms with Crippen LogP contribution in [-0.2, 0) is 14.3 Å². The van der Waals surface area contributed by atoms with Crippen molar-refractivity contribution in [3.05, 3.63) is 39.9 Å². The van der Waals surface area contributed by atoms with Crippen LogP contribution < -0.4 is 10.6 Å². The van der Waals surface area contributed by atoms with Crippen molar-refractivity contribution >= 4 is 23.5 Å². The average molecular weight is 391 g/mol. The Labute approximate surface area is 163 Å². The van der Waals surface area contributed by atoms with Crippen LogP contribution in [0.25, 0.3) is 0 Å². The molecule has 9 heteroatoms. The van der Waals surface area contributed by atoms with Gasteiger partial charge in [0.25, 0.3) is 17.5 Å². The topological polar surface area (TPSA) is 128 Å². The van der Waals surface area contributed by atoms with Crippen LogP contribution in [0.5, 0.6) is 0 Å². The molecule has 0 saturated heterocycles. The highest BCUT2D eigenvalue weighted by Crippen LogP contribution is 2.23. The highest BCUT2D eigenvalue weighted by atomic mass is 16.6. The lowest BCUT2D eigenvalue weighted by molar-refractivity contribution is -0.384. The van der Waals surface area contributed by atoms with E-state index in [0.717, 1.165) is 31.7 Å². The molecule has 0 bridgehead atoms. The Balaban J connectivity index is 1.80. The van der Waals surface area contributed by atoms with Gasteiger partial charge in [-0.1, -0.05) is 25.8 Å². The molecule has 0 aliphatic heterocycles. The van der Waals surface area contributed by atoms with Crippen LogP contribution in [0.3, 0.4) is 0 Å². The van der Waals surface area contributed by atoms with Crippen LogP contribution in [-0.4, -0.2) is 41.4 Å². The normalized spacial score (nSPS) is 19.9. The Bertz CT molecular complexity index is 751. The second kappa shape index (κ2) is 9.82. The highest BCUT2D eigenvalue weighted by molar-refractivity contribution is 5.97. The summed E-state index contributed by atoms with van der Waals surface area (Å²) >= 11 is 0. The van der Waals surface area contributed by atoms with E-state index in [1.807, 2.05) is 0 Å². The first-order valence-corrected chi connectivity index (χ1v) is 9.29. The van der Waals surface area contributed by atoms with Gasteiger partial charge in [-0.25, -0.2) is 4.79 Å². The Morgan fingerprint density at radius 1 is 1.29 bits per heavy atom. The molecule has 0 radical (unpaired) electrons. The first-order valence-electron chi connectivity index (χ1n) is 9.29.